The highest BCUT2D eigenvalue weighted by molar-refractivity contribution is 7.70. The molecule has 192 valence electrons. The molecule has 0 saturated heterocycles. The zero-order valence-corrected chi connectivity index (χ0v) is 24.1. The van der Waals surface area contributed by atoms with Gasteiger partial charge in [-0.15, -0.1) is 13.2 Å². The molecule has 1 aliphatic rings. The maximum atomic E-state index is 13.1. The molecule has 5 nitrogen and oxygen atoms in total. The number of carbonyl (C=O) groups is 1. The average Bonchev–Trinajstić information content (AvgIpc) is 2.85. The van der Waals surface area contributed by atoms with E-state index in [1.165, 1.54) is 4.90 Å². The summed E-state index contributed by atoms with van der Waals surface area (Å²) in [4.78, 5) is 19.1. The van der Waals surface area contributed by atoms with Gasteiger partial charge in [0, 0.05) is 29.2 Å². The molecule has 0 aliphatic carbocycles. The number of halogens is 2. The monoisotopic (exact) mass is 545 g/mol. The molecule has 8 heteroatoms. The quantitative estimate of drug-likeness (QED) is 0.307. The summed E-state index contributed by atoms with van der Waals surface area (Å²) in [5.41, 5.74) is 2.37. The number of benzene rings is 2. The van der Waals surface area contributed by atoms with Crippen molar-refractivity contribution in [2.24, 2.45) is 4.99 Å². The van der Waals surface area contributed by atoms with E-state index in [2.05, 4.69) is 30.0 Å². The fraction of sp³-hybridized carbons (Fsp3) is 0.214. The second-order valence-corrected chi connectivity index (χ2v) is 11.7. The first-order valence-electron chi connectivity index (χ1n) is 11.3. The molecule has 0 radical (unpaired) electrons. The van der Waals surface area contributed by atoms with Crippen molar-refractivity contribution in [3.8, 4) is 0 Å². The van der Waals surface area contributed by atoms with Gasteiger partial charge in [-0.1, -0.05) is 55.8 Å². The summed E-state index contributed by atoms with van der Waals surface area (Å²) in [6.07, 6.45) is 3.59. The Bertz CT molecular complexity index is 1220. The van der Waals surface area contributed by atoms with Gasteiger partial charge >= 0.3 is 0 Å². The van der Waals surface area contributed by atoms with Crippen molar-refractivity contribution in [3.05, 3.63) is 101 Å². The van der Waals surface area contributed by atoms with Crippen LogP contribution < -0.4 is 10.6 Å². The van der Waals surface area contributed by atoms with Gasteiger partial charge in [0.2, 0.25) is 0 Å². The number of anilines is 1. The number of carbonyl (C=O) groups excluding carboxylic acids is 1. The number of hydrogen-bond donors (Lipinski definition) is 1. The Kier molecular flexibility index (Phi) is 12.2. The Balaban J connectivity index is 0.00000154. The molecule has 0 saturated carbocycles. The van der Waals surface area contributed by atoms with E-state index >= 15 is 0 Å². The van der Waals surface area contributed by atoms with Crippen molar-refractivity contribution in [2.45, 2.75) is 20.8 Å². The highest BCUT2D eigenvalue weighted by Gasteiger charge is 2.30. The highest BCUT2D eigenvalue weighted by atomic mass is 35.5. The highest BCUT2D eigenvalue weighted by Crippen LogP contribution is 2.36. The van der Waals surface area contributed by atoms with Crippen molar-refractivity contribution in [3.63, 3.8) is 0 Å². The molecule has 2 aromatic carbocycles. The number of allylic oxidation sites excluding steroid dienone is 1. The maximum absolute atomic E-state index is 13.1. The van der Waals surface area contributed by atoms with E-state index in [4.69, 9.17) is 23.2 Å². The minimum Gasteiger partial charge on any atom is -0.341 e. The molecule has 0 atom stereocenters. The number of hydrogen-bond acceptors (Lipinski definition) is 4. The molecule has 0 aromatic heterocycles. The van der Waals surface area contributed by atoms with Crippen molar-refractivity contribution in [1.82, 2.24) is 4.90 Å². The summed E-state index contributed by atoms with van der Waals surface area (Å²) >= 11 is 12.7. The summed E-state index contributed by atoms with van der Waals surface area (Å²) in [7, 11) is -0.678. The van der Waals surface area contributed by atoms with Crippen LogP contribution in [0.25, 0.3) is 5.57 Å². The molecule has 36 heavy (non-hydrogen) atoms. The van der Waals surface area contributed by atoms with Gasteiger partial charge in [-0.05, 0) is 62.7 Å². The van der Waals surface area contributed by atoms with Crippen molar-refractivity contribution in [2.75, 3.05) is 25.7 Å². The Morgan fingerprint density at radius 1 is 1.06 bits per heavy atom. The minimum absolute atomic E-state index is 0.275. The molecule has 0 spiro atoms. The van der Waals surface area contributed by atoms with Gasteiger partial charge in [-0.2, -0.15) is 0 Å². The van der Waals surface area contributed by atoms with E-state index in [9.17, 15) is 9.36 Å². The standard InChI is InChI=1S/C24H24Cl2N3O2P.C2H6.C2H4/c1-6-16-14-19(22-20(25)8-7-9-21(22)26)24(30)29(3)23(16)28-15(2)27-17-10-12-18(13-11-17)32(4,5)31;2*1-2/h6-14,27H,2H2,1,3-5H3;1-2H3;1-2H2/b16-6-,28-23+;;. The summed E-state index contributed by atoms with van der Waals surface area (Å²) in [6.45, 7) is 19.3. The second kappa shape index (κ2) is 14.0. The molecule has 0 unspecified atom stereocenters. The third-order valence-electron chi connectivity index (χ3n) is 4.97. The van der Waals surface area contributed by atoms with Gasteiger partial charge < -0.3 is 9.88 Å². The Morgan fingerprint density at radius 3 is 2.06 bits per heavy atom. The van der Waals surface area contributed by atoms with Gasteiger partial charge in [0.25, 0.3) is 5.91 Å². The van der Waals surface area contributed by atoms with Gasteiger partial charge in [-0.25, -0.2) is 4.99 Å². The lowest BCUT2D eigenvalue weighted by atomic mass is 9.97. The van der Waals surface area contributed by atoms with E-state index in [1.54, 1.807) is 44.7 Å². The molecule has 0 bridgehead atoms. The van der Waals surface area contributed by atoms with Crippen LogP contribution >= 0.6 is 30.3 Å². The van der Waals surface area contributed by atoms with Crippen LogP contribution in [0.15, 0.2) is 90.7 Å². The summed E-state index contributed by atoms with van der Waals surface area (Å²) in [6, 6.07) is 12.4. The minimum atomic E-state index is -2.32. The van der Waals surface area contributed by atoms with Crippen LogP contribution in [0, 0.1) is 0 Å². The maximum Gasteiger partial charge on any atom is 0.259 e. The summed E-state index contributed by atoms with van der Waals surface area (Å²) in [5, 5.41) is 4.71. The molecule has 1 heterocycles. The van der Waals surface area contributed by atoms with Gasteiger partial charge in [-0.3, -0.25) is 9.69 Å². The fourth-order valence-corrected chi connectivity index (χ4v) is 4.73. The smallest absolute Gasteiger partial charge is 0.259 e. The number of rotatable bonds is 5. The predicted octanol–water partition coefficient (Wildman–Crippen LogP) is 7.85. The van der Waals surface area contributed by atoms with Gasteiger partial charge in [0.1, 0.15) is 18.8 Å². The van der Waals surface area contributed by atoms with Crippen LogP contribution in [0.5, 0.6) is 0 Å². The number of amides is 1. The first-order valence-corrected chi connectivity index (χ1v) is 14.7. The molecule has 2 aromatic rings. The van der Waals surface area contributed by atoms with E-state index in [0.29, 0.717) is 32.8 Å². The van der Waals surface area contributed by atoms with Crippen LogP contribution in [0.3, 0.4) is 0 Å². The Hall–Kier alpha value is -2.85. The SMILES string of the molecule is C=C.C=C(/N=C1\C(=C/C)C=C(c2c(Cl)cccc2Cl)C(=O)N1C)Nc1ccc(P(C)(C)=O)cc1.CC. The number of nitrogens with one attached hydrogen (secondary N) is 1. The molecular formula is C28H34Cl2N3O2P. The largest absolute Gasteiger partial charge is 0.341 e. The van der Waals surface area contributed by atoms with E-state index < -0.39 is 7.14 Å². The Labute approximate surface area is 225 Å². The van der Waals surface area contributed by atoms with Crippen LogP contribution in [0.2, 0.25) is 10.0 Å². The number of nitrogens with zero attached hydrogens (tertiary/aromatic N) is 2. The van der Waals surface area contributed by atoms with Gasteiger partial charge in [0.15, 0.2) is 0 Å². The number of likely N-dealkylation sites (N-methyl/N-ethyl adjacent to an activating group) is 1. The van der Waals surface area contributed by atoms with Crippen LogP contribution in [-0.2, 0) is 9.36 Å². The zero-order valence-electron chi connectivity index (χ0n) is 21.7. The van der Waals surface area contributed by atoms with E-state index in [0.717, 1.165) is 16.6 Å². The van der Waals surface area contributed by atoms with Crippen molar-refractivity contribution in [1.29, 1.82) is 0 Å². The lowest BCUT2D eigenvalue weighted by Crippen LogP contribution is -2.38. The van der Waals surface area contributed by atoms with Crippen LogP contribution in [0.1, 0.15) is 26.3 Å². The van der Waals surface area contributed by atoms with E-state index in [-0.39, 0.29) is 5.91 Å². The Morgan fingerprint density at radius 2 is 1.58 bits per heavy atom. The summed E-state index contributed by atoms with van der Waals surface area (Å²) in [5.74, 6) is 0.531. The topological polar surface area (TPSA) is 61.8 Å². The van der Waals surface area contributed by atoms with E-state index in [1.807, 2.05) is 51.1 Å². The average molecular weight is 546 g/mol. The molecule has 1 N–H and O–H groups in total. The first kappa shape index (κ1) is 31.2. The van der Waals surface area contributed by atoms with Crippen molar-refractivity contribution < 1.29 is 9.36 Å². The third-order valence-corrected chi connectivity index (χ3v) is 7.14. The summed E-state index contributed by atoms with van der Waals surface area (Å²) < 4.78 is 12.2. The molecule has 3 rings (SSSR count). The molecule has 1 amide bonds. The molecular weight excluding hydrogens is 512 g/mol. The normalized spacial score (nSPS) is 15.4. The molecule has 1 aliphatic heterocycles. The fourth-order valence-electron chi connectivity index (χ4n) is 3.26. The molecule has 0 fully saturated rings. The van der Waals surface area contributed by atoms with Crippen LogP contribution in [-0.4, -0.2) is 37.0 Å². The number of aliphatic imine (C=N–C) groups is 1. The second-order valence-electron chi connectivity index (χ2n) is 7.67. The van der Waals surface area contributed by atoms with Crippen molar-refractivity contribution >= 4 is 58.7 Å². The first-order chi connectivity index (χ1) is 17.0. The predicted molar refractivity (Wildman–Crippen MR) is 159 cm³/mol. The van der Waals surface area contributed by atoms with Gasteiger partial charge in [0.05, 0.1) is 15.6 Å². The van der Waals surface area contributed by atoms with Crippen LogP contribution in [0.4, 0.5) is 5.69 Å². The lowest BCUT2D eigenvalue weighted by molar-refractivity contribution is -0.120. The third kappa shape index (κ3) is 7.57. The zero-order chi connectivity index (χ0) is 27.6. The lowest BCUT2D eigenvalue weighted by Gasteiger charge is -2.27. The number of amidine groups is 1.